The molecule has 1 fully saturated rings. The Kier molecular flexibility index (Phi) is 9.01. The zero-order valence-electron chi connectivity index (χ0n) is 20.9. The fraction of sp³-hybridized carbons (Fsp3) is 0.320. The van der Waals surface area contributed by atoms with Gasteiger partial charge in [-0.2, -0.15) is 15.1 Å². The van der Waals surface area contributed by atoms with Crippen molar-refractivity contribution in [2.24, 2.45) is 5.10 Å². The fourth-order valence-electron chi connectivity index (χ4n) is 3.67. The Hall–Kier alpha value is -3.58. The molecule has 1 aliphatic rings. The molecule has 0 spiro atoms. The first kappa shape index (κ1) is 26.5. The van der Waals surface area contributed by atoms with Gasteiger partial charge in [-0.25, -0.2) is 13.1 Å². The number of anilines is 4. The summed E-state index contributed by atoms with van der Waals surface area (Å²) in [5, 5.41) is 11.1. The summed E-state index contributed by atoms with van der Waals surface area (Å²) in [5.41, 5.74) is 5.33. The van der Waals surface area contributed by atoms with Crippen molar-refractivity contribution in [3.8, 4) is 0 Å². The minimum absolute atomic E-state index is 0.194. The number of rotatable bonds is 11. The topological polar surface area (TPSA) is 133 Å². The second kappa shape index (κ2) is 12.6. The lowest BCUT2D eigenvalue weighted by Gasteiger charge is -2.26. The monoisotopic (exact) mass is 524 g/mol. The van der Waals surface area contributed by atoms with E-state index in [1.54, 1.807) is 30.3 Å². The van der Waals surface area contributed by atoms with Gasteiger partial charge in [0.2, 0.25) is 16.0 Å². The molecule has 12 heteroatoms. The van der Waals surface area contributed by atoms with Gasteiger partial charge in [-0.1, -0.05) is 30.3 Å². The molecule has 1 saturated heterocycles. The van der Waals surface area contributed by atoms with Gasteiger partial charge < -0.3 is 15.4 Å². The number of aromatic nitrogens is 2. The molecule has 37 heavy (non-hydrogen) atoms. The number of nitrogens with one attached hydrogen (secondary N) is 4. The Morgan fingerprint density at radius 3 is 2.43 bits per heavy atom. The summed E-state index contributed by atoms with van der Waals surface area (Å²) < 4.78 is 31.7. The second-order valence-electron chi connectivity index (χ2n) is 8.37. The number of nitrogens with zero attached hydrogens (tertiary/aromatic N) is 4. The van der Waals surface area contributed by atoms with Crippen LogP contribution in [0.2, 0.25) is 0 Å². The lowest BCUT2D eigenvalue weighted by atomic mass is 10.1. The van der Waals surface area contributed by atoms with E-state index in [9.17, 15) is 8.42 Å². The van der Waals surface area contributed by atoms with Crippen molar-refractivity contribution in [1.29, 1.82) is 0 Å². The first-order valence-electron chi connectivity index (χ1n) is 12.0. The van der Waals surface area contributed by atoms with Crippen LogP contribution in [0.4, 0.5) is 23.3 Å². The smallest absolute Gasteiger partial charge is 0.240 e. The maximum Gasteiger partial charge on any atom is 0.240 e. The number of sulfonamides is 1. The van der Waals surface area contributed by atoms with Crippen LogP contribution in [-0.2, 0) is 14.8 Å². The van der Waals surface area contributed by atoms with E-state index in [0.29, 0.717) is 23.3 Å². The van der Waals surface area contributed by atoms with E-state index in [2.05, 4.69) is 40.8 Å². The summed E-state index contributed by atoms with van der Waals surface area (Å²) in [6.07, 6.45) is 0. The van der Waals surface area contributed by atoms with Crippen LogP contribution in [0.25, 0.3) is 0 Å². The molecule has 2 aromatic carbocycles. The molecule has 0 atom stereocenters. The zero-order valence-corrected chi connectivity index (χ0v) is 21.8. The highest BCUT2D eigenvalue weighted by Gasteiger charge is 2.12. The molecule has 11 nitrogen and oxygen atoms in total. The molecular formula is C25H32N8O3S. The van der Waals surface area contributed by atoms with Gasteiger partial charge in [-0.05, 0) is 43.8 Å². The molecule has 0 aliphatic carbocycles. The van der Waals surface area contributed by atoms with Gasteiger partial charge in [0.15, 0.2) is 5.82 Å². The Balaban J connectivity index is 1.48. The number of hydrogen-bond acceptors (Lipinski definition) is 10. The van der Waals surface area contributed by atoms with Crippen molar-refractivity contribution in [3.63, 3.8) is 0 Å². The van der Waals surface area contributed by atoms with Gasteiger partial charge in [0.1, 0.15) is 5.82 Å². The minimum Gasteiger partial charge on any atom is -0.379 e. The first-order chi connectivity index (χ1) is 17.9. The van der Waals surface area contributed by atoms with Crippen LogP contribution in [0.3, 0.4) is 0 Å². The van der Waals surface area contributed by atoms with Crippen LogP contribution < -0.4 is 20.8 Å². The summed E-state index contributed by atoms with van der Waals surface area (Å²) in [7, 11) is -2.11. The molecule has 4 N–H and O–H groups in total. The van der Waals surface area contributed by atoms with Crippen molar-refractivity contribution in [3.05, 3.63) is 66.2 Å². The third-order valence-electron chi connectivity index (χ3n) is 5.78. The van der Waals surface area contributed by atoms with Crippen molar-refractivity contribution in [2.45, 2.75) is 11.8 Å². The van der Waals surface area contributed by atoms with Crippen LogP contribution in [0.5, 0.6) is 0 Å². The summed E-state index contributed by atoms with van der Waals surface area (Å²) >= 11 is 0. The molecule has 0 saturated carbocycles. The van der Waals surface area contributed by atoms with Crippen LogP contribution in [0.1, 0.15) is 12.5 Å². The maximum atomic E-state index is 12.0. The van der Waals surface area contributed by atoms with E-state index >= 15 is 0 Å². The zero-order chi connectivity index (χ0) is 26.1. The summed E-state index contributed by atoms with van der Waals surface area (Å²) in [4.78, 5) is 11.7. The Bertz CT molecular complexity index is 1300. The molecule has 3 aromatic rings. The normalized spacial score (nSPS) is 14.8. The van der Waals surface area contributed by atoms with Gasteiger partial charge in [-0.3, -0.25) is 10.3 Å². The molecule has 196 valence electrons. The number of benzene rings is 2. The Labute approximate surface area is 217 Å². The highest BCUT2D eigenvalue weighted by atomic mass is 32.2. The molecule has 0 amide bonds. The molecule has 0 bridgehead atoms. The maximum absolute atomic E-state index is 12.0. The van der Waals surface area contributed by atoms with E-state index in [-0.39, 0.29) is 4.90 Å². The van der Waals surface area contributed by atoms with Gasteiger partial charge in [0.25, 0.3) is 0 Å². The summed E-state index contributed by atoms with van der Waals surface area (Å²) in [5.74, 6) is 1.61. The minimum atomic E-state index is -3.49. The van der Waals surface area contributed by atoms with E-state index in [1.807, 2.05) is 37.3 Å². The van der Waals surface area contributed by atoms with E-state index in [1.165, 1.54) is 7.05 Å². The molecule has 0 radical (unpaired) electrons. The number of hydrazone groups is 1. The van der Waals surface area contributed by atoms with Gasteiger partial charge >= 0.3 is 0 Å². The summed E-state index contributed by atoms with van der Waals surface area (Å²) in [6, 6.07) is 18.0. The van der Waals surface area contributed by atoms with Crippen LogP contribution in [0.15, 0.2) is 70.7 Å². The lowest BCUT2D eigenvalue weighted by molar-refractivity contribution is 0.0398. The lowest BCUT2D eigenvalue weighted by Crippen LogP contribution is -2.39. The Morgan fingerprint density at radius 2 is 1.73 bits per heavy atom. The fourth-order valence-corrected chi connectivity index (χ4v) is 4.40. The second-order valence-corrected chi connectivity index (χ2v) is 10.3. The molecule has 2 heterocycles. The average molecular weight is 525 g/mol. The van der Waals surface area contributed by atoms with Crippen molar-refractivity contribution in [2.75, 3.05) is 62.5 Å². The van der Waals surface area contributed by atoms with E-state index in [0.717, 1.165) is 50.6 Å². The van der Waals surface area contributed by atoms with E-state index in [4.69, 9.17) is 4.74 Å². The standard InChI is InChI=1S/C25H32N8O3S/c1-19(20-8-10-22(11-9-20)37(34,35)26-2)31-32-24-18-23(27-12-13-33-14-16-36-17-15-33)29-25(30-24)28-21-6-4-3-5-7-21/h3-11,18,26H,12-17H2,1-2H3,(H3,27,28,29,30,32). The molecule has 1 aromatic heterocycles. The van der Waals surface area contributed by atoms with E-state index < -0.39 is 10.0 Å². The van der Waals surface area contributed by atoms with Gasteiger partial charge in [0, 0.05) is 37.9 Å². The van der Waals surface area contributed by atoms with Crippen molar-refractivity contribution < 1.29 is 13.2 Å². The number of para-hydroxylation sites is 1. The number of morpholine rings is 1. The highest BCUT2D eigenvalue weighted by Crippen LogP contribution is 2.19. The van der Waals surface area contributed by atoms with Crippen LogP contribution in [-0.4, -0.2) is 75.4 Å². The largest absolute Gasteiger partial charge is 0.379 e. The molecule has 1 aliphatic heterocycles. The third kappa shape index (κ3) is 7.70. The average Bonchev–Trinajstić information content (AvgIpc) is 2.93. The van der Waals surface area contributed by atoms with Gasteiger partial charge in [-0.15, -0.1) is 0 Å². The predicted molar refractivity (Wildman–Crippen MR) is 146 cm³/mol. The Morgan fingerprint density at radius 1 is 1.03 bits per heavy atom. The first-order valence-corrected chi connectivity index (χ1v) is 13.5. The van der Waals surface area contributed by atoms with Crippen molar-refractivity contribution >= 4 is 39.0 Å². The van der Waals surface area contributed by atoms with Crippen LogP contribution >= 0.6 is 0 Å². The highest BCUT2D eigenvalue weighted by molar-refractivity contribution is 7.89. The molecule has 4 rings (SSSR count). The summed E-state index contributed by atoms with van der Waals surface area (Å²) in [6.45, 7) is 6.82. The SMILES string of the molecule is CNS(=O)(=O)c1ccc(C(C)=NNc2cc(NCCN3CCOCC3)nc(Nc3ccccc3)n2)cc1. The van der Waals surface area contributed by atoms with Crippen molar-refractivity contribution in [1.82, 2.24) is 19.6 Å². The third-order valence-corrected chi connectivity index (χ3v) is 7.21. The quantitative estimate of drug-likeness (QED) is 0.221. The van der Waals surface area contributed by atoms with Crippen LogP contribution in [0, 0.1) is 0 Å². The van der Waals surface area contributed by atoms with Gasteiger partial charge in [0.05, 0.1) is 23.8 Å². The molecule has 0 unspecified atom stereocenters. The number of hydrogen-bond donors (Lipinski definition) is 4. The molecular weight excluding hydrogens is 492 g/mol. The number of ether oxygens (including phenoxy) is 1. The predicted octanol–water partition coefficient (Wildman–Crippen LogP) is 2.71.